The molecule has 0 saturated heterocycles. The summed E-state index contributed by atoms with van der Waals surface area (Å²) in [5.41, 5.74) is 5.87. The van der Waals surface area contributed by atoms with Crippen LogP contribution < -0.4 is 64.4 Å². The summed E-state index contributed by atoms with van der Waals surface area (Å²) in [6.45, 7) is 3.14. The number of carbonyl (C=O) groups excluding carboxylic acids is 2. The van der Waals surface area contributed by atoms with E-state index in [0.717, 1.165) is 52.9 Å². The van der Waals surface area contributed by atoms with Gasteiger partial charge in [-0.15, -0.1) is 10.2 Å². The molecule has 2 unspecified atom stereocenters. The Morgan fingerprint density at radius 1 is 1.12 bits per heavy atom. The Morgan fingerprint density at radius 3 is 2.52 bits per heavy atom. The number of nitrogens with one attached hydrogen (secondary N) is 2. The summed E-state index contributed by atoms with van der Waals surface area (Å²) in [4.78, 5) is 29.2. The van der Waals surface area contributed by atoms with Gasteiger partial charge in [-0.2, -0.15) is 5.21 Å². The van der Waals surface area contributed by atoms with Crippen LogP contribution in [0.15, 0.2) is 71.3 Å². The van der Waals surface area contributed by atoms with Crippen LogP contribution in [0, 0.1) is 0 Å². The Kier molecular flexibility index (Phi) is 10.6. The zero-order valence-corrected chi connectivity index (χ0v) is 28.4. The number of H-pyrrole nitrogens is 1. The van der Waals surface area contributed by atoms with E-state index in [0.29, 0.717) is 25.3 Å². The number of fused-ring (bicyclic) bond motifs is 1. The number of aliphatic hydroxyl groups excluding tert-OH is 1. The number of methoxy groups -OCH3 is 1. The fourth-order valence-corrected chi connectivity index (χ4v) is 5.86. The molecule has 2 atom stereocenters. The molecule has 3 aliphatic heterocycles. The molecule has 1 amide bonds. The number of aliphatic hydroxyl groups is 1. The topological polar surface area (TPSA) is 137 Å². The molecular formula is C29H31N7Na2O4+2. The van der Waals surface area contributed by atoms with Gasteiger partial charge in [0.25, 0.3) is 5.91 Å². The van der Waals surface area contributed by atoms with Crippen LogP contribution in [0.5, 0.6) is 0 Å². The van der Waals surface area contributed by atoms with E-state index in [2.05, 4.69) is 62.0 Å². The number of amides is 1. The van der Waals surface area contributed by atoms with Gasteiger partial charge in [-0.1, -0.05) is 61.9 Å². The number of esters is 1. The molecule has 2 aromatic carbocycles. The molecule has 0 saturated carbocycles. The van der Waals surface area contributed by atoms with Crippen LogP contribution in [0.25, 0.3) is 22.5 Å². The summed E-state index contributed by atoms with van der Waals surface area (Å²) in [6.07, 6.45) is 3.60. The minimum Gasteiger partial charge on any atom is -0.509 e. The molecule has 0 fully saturated rings. The number of ether oxygens (including phenoxy) is 1. The number of rotatable bonds is 8. The van der Waals surface area contributed by atoms with E-state index in [1.54, 1.807) is 4.90 Å². The monoisotopic (exact) mass is 587 g/mol. The van der Waals surface area contributed by atoms with E-state index >= 15 is 0 Å². The normalized spacial score (nSPS) is 19.1. The summed E-state index contributed by atoms with van der Waals surface area (Å²) in [5.74, 6) is -0.944. The first-order valence-corrected chi connectivity index (χ1v) is 13.5. The van der Waals surface area contributed by atoms with Gasteiger partial charge in [0.2, 0.25) is 5.82 Å². The summed E-state index contributed by atoms with van der Waals surface area (Å²) >= 11 is 0. The first-order valence-electron chi connectivity index (χ1n) is 13.5. The first kappa shape index (κ1) is 32.2. The van der Waals surface area contributed by atoms with Crippen molar-refractivity contribution in [2.24, 2.45) is 0 Å². The van der Waals surface area contributed by atoms with Gasteiger partial charge in [0.05, 0.1) is 31.6 Å². The molecule has 1 aromatic heterocycles. The van der Waals surface area contributed by atoms with Crippen LogP contribution >= 0.6 is 0 Å². The van der Waals surface area contributed by atoms with Crippen molar-refractivity contribution >= 4 is 11.9 Å². The van der Waals surface area contributed by atoms with E-state index in [1.165, 1.54) is 7.11 Å². The maximum atomic E-state index is 13.1. The van der Waals surface area contributed by atoms with Crippen LogP contribution in [0.2, 0.25) is 0 Å². The molecule has 3 aromatic rings. The third-order valence-electron chi connectivity index (χ3n) is 7.90. The second kappa shape index (κ2) is 13.7. The van der Waals surface area contributed by atoms with Crippen molar-refractivity contribution in [3.63, 3.8) is 0 Å². The van der Waals surface area contributed by atoms with Crippen LogP contribution in [0.3, 0.4) is 0 Å². The minimum absolute atomic E-state index is 0. The SMILES string of the molecule is CCCCC1NC2=C(CN3C(=O)C(C(=O)OC)=C(O)C3C2)N1Cc1ccc(-c2ccccc2-c2nn[nH]n2)cc1.[Na+].[Na+]. The Bertz CT molecular complexity index is 1510. The maximum Gasteiger partial charge on any atom is 1.00 e. The molecular weight excluding hydrogens is 556 g/mol. The van der Waals surface area contributed by atoms with E-state index < -0.39 is 17.9 Å². The third kappa shape index (κ3) is 5.91. The van der Waals surface area contributed by atoms with E-state index in [9.17, 15) is 14.7 Å². The molecule has 3 aliphatic rings. The van der Waals surface area contributed by atoms with Gasteiger partial charge in [-0.05, 0) is 34.7 Å². The van der Waals surface area contributed by atoms with Crippen LogP contribution in [0.4, 0.5) is 0 Å². The molecule has 0 radical (unpaired) electrons. The summed E-state index contributed by atoms with van der Waals surface area (Å²) < 4.78 is 4.75. The molecule has 4 heterocycles. The van der Waals surface area contributed by atoms with Crippen molar-refractivity contribution in [2.75, 3.05) is 13.7 Å². The molecule has 3 N–H and O–H groups in total. The predicted octanol–water partition coefficient (Wildman–Crippen LogP) is -2.73. The first-order chi connectivity index (χ1) is 19.5. The van der Waals surface area contributed by atoms with Crippen molar-refractivity contribution in [1.29, 1.82) is 0 Å². The van der Waals surface area contributed by atoms with Gasteiger partial charge in [-0.25, -0.2) is 4.79 Å². The standard InChI is InChI=1S/C29H31N7O4.2Na/c1-3-4-9-24-30-21-14-22-26(37)25(29(39)40-2)28(38)36(22)16-23(21)35(24)15-17-10-12-18(13-11-17)19-7-5-6-8-20(19)27-31-33-34-32-27;;/h5-8,10-13,22,24,30,37H,3-4,9,14-16H2,1-2H3,(H,31,32,33,34);;/q;2*+1. The van der Waals surface area contributed by atoms with Crippen LogP contribution in [-0.4, -0.2) is 73.3 Å². The van der Waals surface area contributed by atoms with Crippen LogP contribution in [-0.2, 0) is 20.9 Å². The summed E-state index contributed by atoms with van der Waals surface area (Å²) in [5, 5.41) is 28.9. The van der Waals surface area contributed by atoms with Gasteiger partial charge in [0, 0.05) is 24.2 Å². The minimum atomic E-state index is -0.802. The number of carbonyl (C=O) groups is 2. The second-order valence-corrected chi connectivity index (χ2v) is 10.2. The zero-order chi connectivity index (χ0) is 27.8. The van der Waals surface area contributed by atoms with Crippen molar-refractivity contribution in [3.05, 3.63) is 76.8 Å². The van der Waals surface area contributed by atoms with Crippen molar-refractivity contribution in [3.8, 4) is 22.5 Å². The molecule has 0 bridgehead atoms. The fraction of sp³-hybridized carbons (Fsp3) is 0.345. The van der Waals surface area contributed by atoms with Gasteiger partial charge in [0.15, 0.2) is 5.57 Å². The Hall–Kier alpha value is -2.67. The van der Waals surface area contributed by atoms with E-state index in [1.807, 2.05) is 24.3 Å². The number of aromatic amines is 1. The number of hydrogen-bond donors (Lipinski definition) is 3. The number of benzene rings is 2. The number of unbranched alkanes of at least 4 members (excludes halogenated alkanes) is 1. The number of tetrazole rings is 1. The molecule has 0 spiro atoms. The molecule has 6 rings (SSSR count). The van der Waals surface area contributed by atoms with Gasteiger partial charge in [-0.3, -0.25) is 4.79 Å². The fourth-order valence-electron chi connectivity index (χ4n) is 5.86. The van der Waals surface area contributed by atoms with Gasteiger partial charge in [0.1, 0.15) is 5.76 Å². The van der Waals surface area contributed by atoms with Gasteiger partial charge < -0.3 is 25.0 Å². The second-order valence-electron chi connectivity index (χ2n) is 10.2. The Labute approximate surface area is 288 Å². The third-order valence-corrected chi connectivity index (χ3v) is 7.90. The van der Waals surface area contributed by atoms with Crippen molar-refractivity contribution in [1.82, 2.24) is 35.7 Å². The number of nitrogens with zero attached hydrogens (tertiary/aromatic N) is 5. The van der Waals surface area contributed by atoms with Crippen LogP contribution in [0.1, 0.15) is 38.2 Å². The van der Waals surface area contributed by atoms with E-state index in [4.69, 9.17) is 4.74 Å². The molecule has 206 valence electrons. The molecule has 42 heavy (non-hydrogen) atoms. The summed E-state index contributed by atoms with van der Waals surface area (Å²) in [7, 11) is 1.21. The quantitative estimate of drug-likeness (QED) is 0.146. The molecule has 13 heteroatoms. The molecule has 0 aliphatic carbocycles. The predicted molar refractivity (Wildman–Crippen MR) is 146 cm³/mol. The largest absolute Gasteiger partial charge is 1.00 e. The van der Waals surface area contributed by atoms with E-state index in [-0.39, 0.29) is 76.6 Å². The average Bonchev–Trinajstić information content (AvgIpc) is 3.69. The number of aromatic nitrogens is 4. The summed E-state index contributed by atoms with van der Waals surface area (Å²) in [6, 6.07) is 15.8. The van der Waals surface area contributed by atoms with Crippen molar-refractivity contribution in [2.45, 2.75) is 51.4 Å². The van der Waals surface area contributed by atoms with Crippen molar-refractivity contribution < 1.29 is 78.5 Å². The Balaban J connectivity index is 0.00000202. The number of hydrogen-bond acceptors (Lipinski definition) is 9. The smallest absolute Gasteiger partial charge is 0.509 e. The molecule has 11 nitrogen and oxygen atoms in total. The van der Waals surface area contributed by atoms with Gasteiger partial charge >= 0.3 is 65.1 Å². The average molecular weight is 588 g/mol. The maximum absolute atomic E-state index is 13.1. The zero-order valence-electron chi connectivity index (χ0n) is 24.4. The Morgan fingerprint density at radius 2 is 1.86 bits per heavy atom.